The summed E-state index contributed by atoms with van der Waals surface area (Å²) in [6.45, 7) is 4.41. The molecule has 0 radical (unpaired) electrons. The molecule has 5 heteroatoms. The van der Waals surface area contributed by atoms with Gasteiger partial charge >= 0.3 is 0 Å². The molecular weight excluding hydrogens is 290 g/mol. The van der Waals surface area contributed by atoms with Gasteiger partial charge in [-0.2, -0.15) is 0 Å². The molecule has 2 atom stereocenters. The minimum atomic E-state index is 0.131. The molecule has 0 bridgehead atoms. The van der Waals surface area contributed by atoms with Gasteiger partial charge in [0.15, 0.2) is 0 Å². The van der Waals surface area contributed by atoms with Crippen LogP contribution in [0.25, 0.3) is 0 Å². The van der Waals surface area contributed by atoms with Crippen LogP contribution in [0, 0.1) is 5.92 Å². The third-order valence-corrected chi connectivity index (χ3v) is 4.83. The minimum Gasteiger partial charge on any atom is -0.469 e. The normalized spacial score (nSPS) is 24.6. The highest BCUT2D eigenvalue weighted by Gasteiger charge is 2.47. The van der Waals surface area contributed by atoms with E-state index in [-0.39, 0.29) is 5.92 Å². The first-order valence-electron chi connectivity index (χ1n) is 8.25. The van der Waals surface area contributed by atoms with Gasteiger partial charge in [0.1, 0.15) is 5.76 Å². The van der Waals surface area contributed by atoms with Crippen molar-refractivity contribution in [3.05, 3.63) is 54.2 Å². The monoisotopic (exact) mass is 311 g/mol. The van der Waals surface area contributed by atoms with Crippen LogP contribution in [0.5, 0.6) is 0 Å². The number of aromatic nitrogens is 1. The van der Waals surface area contributed by atoms with Gasteiger partial charge in [-0.25, -0.2) is 0 Å². The van der Waals surface area contributed by atoms with E-state index in [1.807, 2.05) is 29.3 Å². The van der Waals surface area contributed by atoms with Gasteiger partial charge in [-0.3, -0.25) is 14.7 Å². The summed E-state index contributed by atoms with van der Waals surface area (Å²) in [5.74, 6) is 1.68. The third kappa shape index (κ3) is 3.15. The third-order valence-electron chi connectivity index (χ3n) is 4.83. The number of furan rings is 1. The number of carbonyl (C=O) groups excluding carboxylic acids is 1. The van der Waals surface area contributed by atoms with E-state index in [1.54, 1.807) is 12.5 Å². The van der Waals surface area contributed by atoms with Gasteiger partial charge in [-0.15, -0.1) is 0 Å². The quantitative estimate of drug-likeness (QED) is 0.868. The molecule has 1 saturated heterocycles. The van der Waals surface area contributed by atoms with Crippen molar-refractivity contribution in [2.45, 2.75) is 18.9 Å². The minimum absolute atomic E-state index is 0.131. The number of pyridine rings is 1. The second-order valence-corrected chi connectivity index (χ2v) is 6.43. The lowest BCUT2D eigenvalue weighted by Gasteiger charge is -2.34. The molecule has 1 aliphatic heterocycles. The molecule has 2 aliphatic rings. The van der Waals surface area contributed by atoms with Crippen LogP contribution < -0.4 is 0 Å². The van der Waals surface area contributed by atoms with Crippen LogP contribution >= 0.6 is 0 Å². The van der Waals surface area contributed by atoms with Gasteiger partial charge in [0.05, 0.1) is 6.26 Å². The number of carbonyl (C=O) groups is 1. The Hall–Kier alpha value is -2.14. The van der Waals surface area contributed by atoms with Crippen LogP contribution in [-0.4, -0.2) is 46.9 Å². The summed E-state index contributed by atoms with van der Waals surface area (Å²) >= 11 is 0. The van der Waals surface area contributed by atoms with E-state index in [1.165, 1.54) is 5.56 Å². The van der Waals surface area contributed by atoms with E-state index in [2.05, 4.69) is 16.0 Å². The second-order valence-electron chi connectivity index (χ2n) is 6.43. The Labute approximate surface area is 135 Å². The molecule has 2 aromatic heterocycles. The molecule has 120 valence electrons. The summed E-state index contributed by atoms with van der Waals surface area (Å²) in [4.78, 5) is 21.2. The van der Waals surface area contributed by atoms with Gasteiger partial charge in [0.25, 0.3) is 0 Å². The molecule has 5 nitrogen and oxygen atoms in total. The van der Waals surface area contributed by atoms with Crippen molar-refractivity contribution in [3.8, 4) is 0 Å². The standard InChI is InChI=1S/C18H21N3O2/c22-18(16-11-15(16)17-4-2-10-23-17)21-8-6-20(7-9-21)13-14-3-1-5-19-12-14/h1-5,10,12,15-16H,6-9,11,13H2/t15-,16+/m0/s1. The van der Waals surface area contributed by atoms with E-state index in [9.17, 15) is 4.79 Å². The lowest BCUT2D eigenvalue weighted by molar-refractivity contribution is -0.134. The second kappa shape index (κ2) is 6.16. The van der Waals surface area contributed by atoms with E-state index in [4.69, 9.17) is 4.42 Å². The molecule has 0 spiro atoms. The molecule has 0 unspecified atom stereocenters. The van der Waals surface area contributed by atoms with Crippen molar-refractivity contribution in [1.29, 1.82) is 0 Å². The molecule has 23 heavy (non-hydrogen) atoms. The fourth-order valence-electron chi connectivity index (χ4n) is 3.40. The Balaban J connectivity index is 1.28. The Bertz CT molecular complexity index is 648. The number of hydrogen-bond acceptors (Lipinski definition) is 4. The molecule has 0 aromatic carbocycles. The average molecular weight is 311 g/mol. The molecule has 1 aliphatic carbocycles. The molecular formula is C18H21N3O2. The molecule has 2 aromatic rings. The number of hydrogen-bond donors (Lipinski definition) is 0. The zero-order valence-corrected chi connectivity index (χ0v) is 13.1. The van der Waals surface area contributed by atoms with Crippen LogP contribution in [0.2, 0.25) is 0 Å². The van der Waals surface area contributed by atoms with Gasteiger partial charge in [-0.05, 0) is 30.2 Å². The van der Waals surface area contributed by atoms with Crippen molar-refractivity contribution in [2.24, 2.45) is 5.92 Å². The van der Waals surface area contributed by atoms with Gasteiger partial charge in [0.2, 0.25) is 5.91 Å². The molecule has 1 amide bonds. The molecule has 4 rings (SSSR count). The van der Waals surface area contributed by atoms with Gasteiger partial charge < -0.3 is 9.32 Å². The number of amides is 1. The van der Waals surface area contributed by atoms with Crippen molar-refractivity contribution in [2.75, 3.05) is 26.2 Å². The highest BCUT2D eigenvalue weighted by atomic mass is 16.3. The maximum atomic E-state index is 12.6. The smallest absolute Gasteiger partial charge is 0.226 e. The summed E-state index contributed by atoms with van der Waals surface area (Å²) in [5.41, 5.74) is 1.23. The summed E-state index contributed by atoms with van der Waals surface area (Å²) in [6, 6.07) is 7.94. The van der Waals surface area contributed by atoms with Crippen molar-refractivity contribution in [3.63, 3.8) is 0 Å². The number of piperazine rings is 1. The van der Waals surface area contributed by atoms with E-state index in [0.717, 1.165) is 44.9 Å². The largest absolute Gasteiger partial charge is 0.469 e. The maximum Gasteiger partial charge on any atom is 0.226 e. The predicted molar refractivity (Wildman–Crippen MR) is 85.7 cm³/mol. The van der Waals surface area contributed by atoms with Crippen LogP contribution in [0.1, 0.15) is 23.7 Å². The Morgan fingerprint density at radius 1 is 1.22 bits per heavy atom. The maximum absolute atomic E-state index is 12.6. The van der Waals surface area contributed by atoms with Crippen LogP contribution in [0.15, 0.2) is 47.3 Å². The van der Waals surface area contributed by atoms with Crippen molar-refractivity contribution in [1.82, 2.24) is 14.8 Å². The fourth-order valence-corrected chi connectivity index (χ4v) is 3.40. The Kier molecular flexibility index (Phi) is 3.87. The Morgan fingerprint density at radius 2 is 2.09 bits per heavy atom. The van der Waals surface area contributed by atoms with Crippen LogP contribution in [0.4, 0.5) is 0 Å². The Morgan fingerprint density at radius 3 is 2.78 bits per heavy atom. The van der Waals surface area contributed by atoms with Gasteiger partial charge in [0, 0.05) is 57.0 Å². The summed E-state index contributed by atoms with van der Waals surface area (Å²) < 4.78 is 5.42. The SMILES string of the molecule is O=C([C@@H]1C[C@@H]1c1ccco1)N1CCN(Cc2cccnc2)CC1. The van der Waals surface area contributed by atoms with Crippen LogP contribution in [-0.2, 0) is 11.3 Å². The number of rotatable bonds is 4. The van der Waals surface area contributed by atoms with Crippen LogP contribution in [0.3, 0.4) is 0 Å². The van der Waals surface area contributed by atoms with Crippen molar-refractivity contribution >= 4 is 5.91 Å². The van der Waals surface area contributed by atoms with E-state index in [0.29, 0.717) is 11.8 Å². The fraction of sp³-hybridized carbons (Fsp3) is 0.444. The average Bonchev–Trinajstić information content (AvgIpc) is 3.21. The first kappa shape index (κ1) is 14.5. The molecule has 0 N–H and O–H groups in total. The topological polar surface area (TPSA) is 49.6 Å². The van der Waals surface area contributed by atoms with Crippen molar-refractivity contribution < 1.29 is 9.21 Å². The predicted octanol–water partition coefficient (Wildman–Crippen LogP) is 2.12. The first-order chi connectivity index (χ1) is 11.3. The summed E-state index contributed by atoms with van der Waals surface area (Å²) in [7, 11) is 0. The highest BCUT2D eigenvalue weighted by molar-refractivity contribution is 5.83. The lowest BCUT2D eigenvalue weighted by Crippen LogP contribution is -2.48. The zero-order chi connectivity index (χ0) is 15.6. The summed E-state index contributed by atoms with van der Waals surface area (Å²) in [6.07, 6.45) is 6.33. The van der Waals surface area contributed by atoms with E-state index >= 15 is 0 Å². The lowest BCUT2D eigenvalue weighted by atomic mass is 10.2. The first-order valence-corrected chi connectivity index (χ1v) is 8.25. The number of nitrogens with zero attached hydrogens (tertiary/aromatic N) is 3. The van der Waals surface area contributed by atoms with Gasteiger partial charge in [-0.1, -0.05) is 6.07 Å². The molecule has 3 heterocycles. The molecule has 2 fully saturated rings. The zero-order valence-electron chi connectivity index (χ0n) is 13.1. The van der Waals surface area contributed by atoms with E-state index < -0.39 is 0 Å². The highest BCUT2D eigenvalue weighted by Crippen LogP contribution is 2.48. The summed E-state index contributed by atoms with van der Waals surface area (Å²) in [5, 5.41) is 0. The molecule has 1 saturated carbocycles.